The first-order valence-electron chi connectivity index (χ1n) is 8.17. The maximum Gasteiger partial charge on any atom is 0.411 e. The highest BCUT2D eigenvalue weighted by Crippen LogP contribution is 2.24. The van der Waals surface area contributed by atoms with Crippen molar-refractivity contribution in [1.29, 1.82) is 0 Å². The molecule has 2 aromatic carbocycles. The second-order valence-corrected chi connectivity index (χ2v) is 6.93. The minimum atomic E-state index is -0.647. The monoisotopic (exact) mass is 374 g/mol. The van der Waals surface area contributed by atoms with Crippen molar-refractivity contribution in [2.24, 2.45) is 0 Å². The summed E-state index contributed by atoms with van der Waals surface area (Å²) in [5.74, 6) is 0.122. The maximum absolute atomic E-state index is 13.6. The van der Waals surface area contributed by atoms with Crippen molar-refractivity contribution in [3.8, 4) is 0 Å². The zero-order valence-corrected chi connectivity index (χ0v) is 15.1. The van der Waals surface area contributed by atoms with Crippen LogP contribution in [0.3, 0.4) is 0 Å². The number of hydrogen-bond acceptors (Lipinski definition) is 4. The largest absolute Gasteiger partial charge is 0.445 e. The first-order chi connectivity index (χ1) is 12.6. The van der Waals surface area contributed by atoms with Gasteiger partial charge in [-0.25, -0.2) is 9.18 Å². The summed E-state index contributed by atoms with van der Waals surface area (Å²) < 4.78 is 19.0. The van der Waals surface area contributed by atoms with Gasteiger partial charge in [0, 0.05) is 17.0 Å². The number of thioether (sulfide) groups is 1. The zero-order valence-electron chi connectivity index (χ0n) is 14.3. The van der Waals surface area contributed by atoms with Crippen molar-refractivity contribution in [1.82, 2.24) is 4.90 Å². The molecule has 1 saturated heterocycles. The summed E-state index contributed by atoms with van der Waals surface area (Å²) in [6.45, 7) is 1.75. The predicted octanol–water partition coefficient (Wildman–Crippen LogP) is 3.78. The van der Waals surface area contributed by atoms with Crippen molar-refractivity contribution in [2.75, 3.05) is 16.9 Å². The average Bonchev–Trinajstić information content (AvgIpc) is 3.14. The second-order valence-electron chi connectivity index (χ2n) is 5.93. The molecule has 5 nitrogen and oxygen atoms in total. The molecule has 136 valence electrons. The normalized spacial score (nSPS) is 16.4. The third-order valence-corrected chi connectivity index (χ3v) is 5.16. The molecule has 0 unspecified atom stereocenters. The molecule has 0 aromatic heterocycles. The van der Waals surface area contributed by atoms with Crippen molar-refractivity contribution in [3.63, 3.8) is 0 Å². The van der Waals surface area contributed by atoms with E-state index in [4.69, 9.17) is 4.74 Å². The number of halogens is 1. The Hall–Kier alpha value is -2.54. The molecular formula is C19H19FN2O3S. The van der Waals surface area contributed by atoms with E-state index in [2.05, 4.69) is 5.32 Å². The second kappa shape index (κ2) is 8.23. The van der Waals surface area contributed by atoms with Gasteiger partial charge in [-0.3, -0.25) is 9.69 Å². The molecule has 2 amide bonds. The molecule has 7 heteroatoms. The van der Waals surface area contributed by atoms with Gasteiger partial charge in [0.1, 0.15) is 18.5 Å². The summed E-state index contributed by atoms with van der Waals surface area (Å²) in [6, 6.07) is 13.2. The molecule has 0 spiro atoms. The Balaban J connectivity index is 1.62. The summed E-state index contributed by atoms with van der Waals surface area (Å²) in [5.41, 5.74) is 1.65. The lowest BCUT2D eigenvalue weighted by molar-refractivity contribution is -0.119. The van der Waals surface area contributed by atoms with Crippen LogP contribution in [-0.4, -0.2) is 34.6 Å². The number of carbonyl (C=O) groups excluding carboxylic acids is 2. The van der Waals surface area contributed by atoms with Crippen LogP contribution in [0.15, 0.2) is 48.5 Å². The number of anilines is 1. The van der Waals surface area contributed by atoms with Gasteiger partial charge in [0.25, 0.3) is 0 Å². The highest BCUT2D eigenvalue weighted by Gasteiger charge is 2.36. The van der Waals surface area contributed by atoms with Gasteiger partial charge in [0.05, 0.1) is 5.88 Å². The Kier molecular flexibility index (Phi) is 5.78. The summed E-state index contributed by atoms with van der Waals surface area (Å²) in [5, 5.41) is 2.71. The van der Waals surface area contributed by atoms with E-state index in [1.807, 2.05) is 30.3 Å². The van der Waals surface area contributed by atoms with Crippen molar-refractivity contribution in [2.45, 2.75) is 19.6 Å². The Bertz CT molecular complexity index is 801. The van der Waals surface area contributed by atoms with E-state index >= 15 is 0 Å². The lowest BCUT2D eigenvalue weighted by Crippen LogP contribution is -2.44. The fraction of sp³-hybridized carbons (Fsp3) is 0.263. The van der Waals surface area contributed by atoms with E-state index < -0.39 is 12.1 Å². The summed E-state index contributed by atoms with van der Waals surface area (Å²) >= 11 is 1.48. The number of nitrogens with one attached hydrogen (secondary N) is 1. The number of hydrogen-bond donors (Lipinski definition) is 1. The molecule has 26 heavy (non-hydrogen) atoms. The molecule has 1 aliphatic heterocycles. The summed E-state index contributed by atoms with van der Waals surface area (Å²) in [4.78, 5) is 26.3. The Morgan fingerprint density at radius 3 is 2.77 bits per heavy atom. The van der Waals surface area contributed by atoms with Gasteiger partial charge < -0.3 is 10.1 Å². The van der Waals surface area contributed by atoms with Gasteiger partial charge in [0.15, 0.2) is 0 Å². The minimum absolute atomic E-state index is 0.151. The van der Waals surface area contributed by atoms with Crippen LogP contribution in [-0.2, 0) is 16.1 Å². The zero-order chi connectivity index (χ0) is 18.5. The Labute approximate surface area is 155 Å². The SMILES string of the molecule is Cc1c(F)cccc1NC(=O)[C@@H]1CSCN1C(=O)OCc1ccccc1. The van der Waals surface area contributed by atoms with E-state index in [1.54, 1.807) is 13.0 Å². The Morgan fingerprint density at radius 2 is 2.00 bits per heavy atom. The van der Waals surface area contributed by atoms with Gasteiger partial charge in [0.2, 0.25) is 5.91 Å². The van der Waals surface area contributed by atoms with Crippen molar-refractivity contribution in [3.05, 3.63) is 65.5 Å². The van der Waals surface area contributed by atoms with E-state index in [0.29, 0.717) is 22.9 Å². The minimum Gasteiger partial charge on any atom is -0.445 e. The molecule has 1 fully saturated rings. The van der Waals surface area contributed by atoms with Gasteiger partial charge in [-0.15, -0.1) is 11.8 Å². The predicted molar refractivity (Wildman–Crippen MR) is 99.3 cm³/mol. The van der Waals surface area contributed by atoms with Crippen LogP contribution in [0.25, 0.3) is 0 Å². The van der Waals surface area contributed by atoms with Crippen molar-refractivity contribution < 1.29 is 18.7 Å². The topological polar surface area (TPSA) is 58.6 Å². The maximum atomic E-state index is 13.6. The van der Waals surface area contributed by atoms with Gasteiger partial charge in [-0.2, -0.15) is 0 Å². The molecule has 0 radical (unpaired) electrons. The fourth-order valence-corrected chi connectivity index (χ4v) is 3.74. The van der Waals surface area contributed by atoms with E-state index in [9.17, 15) is 14.0 Å². The third-order valence-electron chi connectivity index (χ3n) is 4.15. The van der Waals surface area contributed by atoms with Gasteiger partial charge in [-0.05, 0) is 24.6 Å². The molecule has 3 rings (SSSR count). The third kappa shape index (κ3) is 4.16. The molecular weight excluding hydrogens is 355 g/mol. The van der Waals surface area contributed by atoms with Crippen LogP contribution in [0.1, 0.15) is 11.1 Å². The lowest BCUT2D eigenvalue weighted by atomic mass is 10.1. The molecule has 1 heterocycles. The summed E-state index contributed by atoms with van der Waals surface area (Å²) in [6.07, 6.45) is -0.532. The Morgan fingerprint density at radius 1 is 1.23 bits per heavy atom. The molecule has 2 aromatic rings. The number of benzene rings is 2. The standard InChI is InChI=1S/C19H19FN2O3S/c1-13-15(20)8-5-9-16(13)21-18(23)17-11-26-12-22(17)19(24)25-10-14-6-3-2-4-7-14/h2-9,17H,10-12H2,1H3,(H,21,23)/t17-/m0/s1. The molecule has 0 aliphatic carbocycles. The first kappa shape index (κ1) is 18.3. The van der Waals surface area contributed by atoms with Crippen LogP contribution in [0, 0.1) is 12.7 Å². The number of amides is 2. The average molecular weight is 374 g/mol. The highest BCUT2D eigenvalue weighted by atomic mass is 32.2. The smallest absolute Gasteiger partial charge is 0.411 e. The van der Waals surface area contributed by atoms with E-state index in [1.165, 1.54) is 28.8 Å². The van der Waals surface area contributed by atoms with Crippen LogP contribution >= 0.6 is 11.8 Å². The van der Waals surface area contributed by atoms with Gasteiger partial charge >= 0.3 is 6.09 Å². The molecule has 0 bridgehead atoms. The number of rotatable bonds is 4. The summed E-state index contributed by atoms with van der Waals surface area (Å²) in [7, 11) is 0. The van der Waals surface area contributed by atoms with Crippen LogP contribution in [0.2, 0.25) is 0 Å². The van der Waals surface area contributed by atoms with Crippen molar-refractivity contribution >= 4 is 29.4 Å². The number of ether oxygens (including phenoxy) is 1. The number of nitrogens with zero attached hydrogens (tertiary/aromatic N) is 1. The first-order valence-corrected chi connectivity index (χ1v) is 9.33. The molecule has 1 aliphatic rings. The molecule has 1 atom stereocenters. The molecule has 0 saturated carbocycles. The molecule has 1 N–H and O–H groups in total. The van der Waals surface area contributed by atoms with Gasteiger partial charge in [-0.1, -0.05) is 36.4 Å². The van der Waals surface area contributed by atoms with E-state index in [-0.39, 0.29) is 18.3 Å². The highest BCUT2D eigenvalue weighted by molar-refractivity contribution is 7.99. The number of carbonyl (C=O) groups is 2. The lowest BCUT2D eigenvalue weighted by Gasteiger charge is -2.23. The quantitative estimate of drug-likeness (QED) is 0.885. The van der Waals surface area contributed by atoms with E-state index in [0.717, 1.165) is 5.56 Å². The van der Waals surface area contributed by atoms with Crippen LogP contribution < -0.4 is 5.32 Å². The van der Waals surface area contributed by atoms with Crippen LogP contribution in [0.4, 0.5) is 14.9 Å². The fourth-order valence-electron chi connectivity index (χ4n) is 2.60. The van der Waals surface area contributed by atoms with Crippen LogP contribution in [0.5, 0.6) is 0 Å².